The van der Waals surface area contributed by atoms with Crippen LogP contribution in [0.15, 0.2) is 91.1 Å². The smallest absolute Gasteiger partial charge is 0.141 e. The standard InChI is InChI=1S/C40H41ClN6O/c1-2-3-19-47-39-17-13-33(26-38(39)44-40(47)30-8-6-9-35(25-30)48-34-14-11-32(41)12-15-34)46-22-20-45(21-23-46)18-5-4-7-31-28-43-37-16-10-29(27-42)24-36(31)37/h6,8-17,24-26,28,43H,2-5,7,18-23H2,1H3. The van der Waals surface area contributed by atoms with E-state index < -0.39 is 0 Å². The molecule has 4 aromatic carbocycles. The van der Waals surface area contributed by atoms with E-state index in [1.807, 2.05) is 54.6 Å². The number of unbranched alkanes of at least 4 members (excludes halogenated alkanes) is 2. The number of aromatic amines is 1. The molecule has 7 rings (SSSR count). The van der Waals surface area contributed by atoms with E-state index in [1.54, 1.807) is 0 Å². The Morgan fingerprint density at radius 1 is 0.875 bits per heavy atom. The summed E-state index contributed by atoms with van der Waals surface area (Å²) in [4.78, 5) is 13.6. The Labute approximate surface area is 287 Å². The zero-order chi connectivity index (χ0) is 32.9. The molecule has 1 aliphatic heterocycles. The summed E-state index contributed by atoms with van der Waals surface area (Å²) in [5.74, 6) is 2.50. The molecule has 7 nitrogen and oxygen atoms in total. The summed E-state index contributed by atoms with van der Waals surface area (Å²) in [5.41, 5.74) is 7.62. The van der Waals surface area contributed by atoms with Gasteiger partial charge in [-0.15, -0.1) is 0 Å². The lowest BCUT2D eigenvalue weighted by atomic mass is 10.1. The van der Waals surface area contributed by atoms with Crippen LogP contribution < -0.4 is 9.64 Å². The third-order valence-corrected chi connectivity index (χ3v) is 9.67. The molecular weight excluding hydrogens is 616 g/mol. The zero-order valence-electron chi connectivity index (χ0n) is 27.5. The van der Waals surface area contributed by atoms with E-state index in [-0.39, 0.29) is 0 Å². The molecule has 6 aromatic rings. The largest absolute Gasteiger partial charge is 0.457 e. The van der Waals surface area contributed by atoms with E-state index in [9.17, 15) is 5.26 Å². The Balaban J connectivity index is 0.990. The van der Waals surface area contributed by atoms with Gasteiger partial charge in [-0.2, -0.15) is 5.26 Å². The molecular formula is C40H41ClN6O. The van der Waals surface area contributed by atoms with Gasteiger partial charge in [-0.3, -0.25) is 4.90 Å². The average Bonchev–Trinajstić information content (AvgIpc) is 3.70. The van der Waals surface area contributed by atoms with Gasteiger partial charge in [-0.25, -0.2) is 4.98 Å². The number of nitriles is 1. The van der Waals surface area contributed by atoms with Crippen LogP contribution in [0, 0.1) is 11.3 Å². The van der Waals surface area contributed by atoms with E-state index >= 15 is 0 Å². The Hall–Kier alpha value is -4.77. The number of halogens is 1. The first-order chi connectivity index (χ1) is 23.6. The molecule has 1 aliphatic rings. The number of ether oxygens (including phenoxy) is 1. The fourth-order valence-electron chi connectivity index (χ4n) is 6.75. The van der Waals surface area contributed by atoms with E-state index in [1.165, 1.54) is 28.6 Å². The highest BCUT2D eigenvalue weighted by Gasteiger charge is 2.19. The summed E-state index contributed by atoms with van der Waals surface area (Å²) in [6.45, 7) is 8.42. The molecule has 1 N–H and O–H groups in total. The topological polar surface area (TPSA) is 73.1 Å². The minimum atomic E-state index is 0.688. The van der Waals surface area contributed by atoms with Crippen LogP contribution in [0.25, 0.3) is 33.3 Å². The molecule has 3 heterocycles. The molecule has 0 radical (unpaired) electrons. The van der Waals surface area contributed by atoms with Crippen LogP contribution in [0.1, 0.15) is 43.7 Å². The van der Waals surface area contributed by atoms with Gasteiger partial charge < -0.3 is 19.2 Å². The first-order valence-electron chi connectivity index (χ1n) is 17.1. The van der Waals surface area contributed by atoms with Crippen molar-refractivity contribution in [3.63, 3.8) is 0 Å². The van der Waals surface area contributed by atoms with Crippen LogP contribution in [-0.4, -0.2) is 52.2 Å². The normalized spacial score (nSPS) is 13.7. The average molecular weight is 657 g/mol. The number of aryl methyl sites for hydroxylation is 2. The van der Waals surface area contributed by atoms with Gasteiger partial charge in [-0.1, -0.05) is 37.1 Å². The van der Waals surface area contributed by atoms with Gasteiger partial charge in [0.05, 0.1) is 22.7 Å². The molecule has 0 amide bonds. The fourth-order valence-corrected chi connectivity index (χ4v) is 6.88. The molecule has 2 aromatic heterocycles. The van der Waals surface area contributed by atoms with Gasteiger partial charge in [0.15, 0.2) is 0 Å². The van der Waals surface area contributed by atoms with Crippen LogP contribution in [0.2, 0.25) is 5.02 Å². The molecule has 1 saturated heterocycles. The van der Waals surface area contributed by atoms with E-state index in [0.717, 1.165) is 104 Å². The minimum Gasteiger partial charge on any atom is -0.457 e. The Morgan fingerprint density at radius 2 is 1.73 bits per heavy atom. The highest BCUT2D eigenvalue weighted by molar-refractivity contribution is 6.30. The Kier molecular flexibility index (Phi) is 9.65. The minimum absolute atomic E-state index is 0.688. The molecule has 0 aliphatic carbocycles. The molecule has 0 saturated carbocycles. The molecule has 8 heteroatoms. The van der Waals surface area contributed by atoms with Crippen LogP contribution in [0.5, 0.6) is 11.5 Å². The van der Waals surface area contributed by atoms with Crippen molar-refractivity contribution in [1.82, 2.24) is 19.4 Å². The highest BCUT2D eigenvalue weighted by Crippen LogP contribution is 2.32. The first kappa shape index (κ1) is 31.8. The van der Waals surface area contributed by atoms with Crippen LogP contribution >= 0.6 is 11.6 Å². The summed E-state index contributed by atoms with van der Waals surface area (Å²) >= 11 is 6.06. The number of nitrogens with one attached hydrogen (secondary N) is 1. The monoisotopic (exact) mass is 656 g/mol. The summed E-state index contributed by atoms with van der Waals surface area (Å²) in [7, 11) is 0. The van der Waals surface area contributed by atoms with Crippen LogP contribution in [0.3, 0.4) is 0 Å². The van der Waals surface area contributed by atoms with Gasteiger partial charge in [0.25, 0.3) is 0 Å². The van der Waals surface area contributed by atoms with Gasteiger partial charge in [0.1, 0.15) is 17.3 Å². The number of piperazine rings is 1. The number of aromatic nitrogens is 3. The van der Waals surface area contributed by atoms with Gasteiger partial charge in [0, 0.05) is 66.1 Å². The second kappa shape index (κ2) is 14.6. The number of H-pyrrole nitrogens is 1. The van der Waals surface area contributed by atoms with E-state index in [2.05, 4.69) is 68.9 Å². The molecule has 48 heavy (non-hydrogen) atoms. The number of rotatable bonds is 12. The third kappa shape index (κ3) is 7.06. The molecule has 0 bridgehead atoms. The van der Waals surface area contributed by atoms with Gasteiger partial charge in [-0.05, 0) is 111 Å². The zero-order valence-corrected chi connectivity index (χ0v) is 28.2. The quantitative estimate of drug-likeness (QED) is 0.133. The first-order valence-corrected chi connectivity index (χ1v) is 17.5. The number of nitrogens with zero attached hydrogens (tertiary/aromatic N) is 5. The van der Waals surface area contributed by atoms with Crippen molar-refractivity contribution in [3.8, 4) is 29.0 Å². The molecule has 244 valence electrons. The van der Waals surface area contributed by atoms with Crippen LogP contribution in [0.4, 0.5) is 5.69 Å². The number of anilines is 1. The lowest BCUT2D eigenvalue weighted by Gasteiger charge is -2.36. The lowest BCUT2D eigenvalue weighted by molar-refractivity contribution is 0.253. The fraction of sp³-hybridized carbons (Fsp3) is 0.300. The summed E-state index contributed by atoms with van der Waals surface area (Å²) in [6.07, 6.45) is 7.65. The number of hydrogen-bond donors (Lipinski definition) is 1. The molecule has 1 fully saturated rings. The van der Waals surface area contributed by atoms with E-state index in [4.69, 9.17) is 21.3 Å². The maximum absolute atomic E-state index is 9.28. The number of hydrogen-bond acceptors (Lipinski definition) is 5. The molecule has 0 spiro atoms. The van der Waals surface area contributed by atoms with E-state index in [0.29, 0.717) is 5.02 Å². The van der Waals surface area contributed by atoms with Crippen molar-refractivity contribution in [3.05, 3.63) is 107 Å². The number of benzene rings is 4. The Morgan fingerprint density at radius 3 is 2.54 bits per heavy atom. The van der Waals surface area contributed by atoms with Gasteiger partial charge >= 0.3 is 0 Å². The Bertz CT molecular complexity index is 2050. The maximum atomic E-state index is 9.28. The second-order valence-electron chi connectivity index (χ2n) is 12.7. The lowest BCUT2D eigenvalue weighted by Crippen LogP contribution is -2.46. The van der Waals surface area contributed by atoms with Crippen molar-refractivity contribution in [2.45, 2.75) is 45.6 Å². The van der Waals surface area contributed by atoms with Gasteiger partial charge in [0.2, 0.25) is 0 Å². The van der Waals surface area contributed by atoms with Crippen LogP contribution in [-0.2, 0) is 13.0 Å². The number of fused-ring (bicyclic) bond motifs is 2. The highest BCUT2D eigenvalue weighted by atomic mass is 35.5. The summed E-state index contributed by atoms with van der Waals surface area (Å²) in [5, 5.41) is 11.1. The maximum Gasteiger partial charge on any atom is 0.141 e. The third-order valence-electron chi connectivity index (χ3n) is 9.41. The molecule has 0 atom stereocenters. The van der Waals surface area contributed by atoms with Crippen molar-refractivity contribution in [2.75, 3.05) is 37.6 Å². The summed E-state index contributed by atoms with van der Waals surface area (Å²) in [6, 6.07) is 30.6. The number of imidazole rings is 1. The predicted molar refractivity (Wildman–Crippen MR) is 196 cm³/mol. The summed E-state index contributed by atoms with van der Waals surface area (Å²) < 4.78 is 8.51. The predicted octanol–water partition coefficient (Wildman–Crippen LogP) is 9.45. The van der Waals surface area contributed by atoms with Crippen molar-refractivity contribution < 1.29 is 4.74 Å². The second-order valence-corrected chi connectivity index (χ2v) is 13.1. The molecule has 0 unspecified atom stereocenters. The van der Waals surface area contributed by atoms with Crippen molar-refractivity contribution in [1.29, 1.82) is 5.26 Å². The van der Waals surface area contributed by atoms with Crippen molar-refractivity contribution >= 4 is 39.2 Å². The SMILES string of the molecule is CCCCn1c(-c2cccc(Oc3ccc(Cl)cc3)c2)nc2cc(N3CCN(CCCCc4c[nH]c5ccc(C#N)cc45)CC3)ccc21. The van der Waals surface area contributed by atoms with Crippen molar-refractivity contribution in [2.24, 2.45) is 0 Å².